The highest BCUT2D eigenvalue weighted by Gasteiger charge is 2.14. The molecule has 0 amide bonds. The summed E-state index contributed by atoms with van der Waals surface area (Å²) in [5.41, 5.74) is 1.79. The van der Waals surface area contributed by atoms with E-state index in [1.54, 1.807) is 16.0 Å². The summed E-state index contributed by atoms with van der Waals surface area (Å²) in [4.78, 5) is 10.1. The smallest absolute Gasteiger partial charge is 0.226 e. The van der Waals surface area contributed by atoms with Gasteiger partial charge in [-0.15, -0.1) is 16.4 Å². The summed E-state index contributed by atoms with van der Waals surface area (Å²) < 4.78 is 1.77. The highest BCUT2D eigenvalue weighted by Crippen LogP contribution is 2.26. The zero-order valence-corrected chi connectivity index (χ0v) is 12.1. The second-order valence-electron chi connectivity index (χ2n) is 4.53. The van der Waals surface area contributed by atoms with Gasteiger partial charge in [0.1, 0.15) is 10.3 Å². The topological polar surface area (TPSA) is 68.5 Å². The molecule has 0 aliphatic heterocycles. The predicted octanol–water partition coefficient (Wildman–Crippen LogP) is 2.86. The van der Waals surface area contributed by atoms with E-state index in [9.17, 15) is 0 Å². The van der Waals surface area contributed by atoms with Crippen LogP contribution >= 0.6 is 11.3 Å². The van der Waals surface area contributed by atoms with Crippen LogP contribution in [0.5, 0.6) is 0 Å². The lowest BCUT2D eigenvalue weighted by Gasteiger charge is -2.06. The first-order valence-electron chi connectivity index (χ1n) is 6.67. The molecule has 0 saturated carbocycles. The lowest BCUT2D eigenvalue weighted by atomic mass is 10.3. The summed E-state index contributed by atoms with van der Waals surface area (Å²) in [5, 5.41) is 14.6. The second-order valence-corrected chi connectivity index (χ2v) is 5.43. The normalized spacial score (nSPS) is 11.3. The molecule has 1 N–H and O–H groups in total. The largest absolute Gasteiger partial charge is 0.354 e. The molecular weight excluding hydrogens is 284 g/mol. The minimum Gasteiger partial charge on any atom is -0.354 e. The van der Waals surface area contributed by atoms with E-state index in [0.717, 1.165) is 33.6 Å². The maximum atomic E-state index is 4.60. The Balaban J connectivity index is 2.02. The Morgan fingerprint density at radius 2 is 2.10 bits per heavy atom. The molecule has 7 heteroatoms. The molecule has 0 aliphatic carbocycles. The molecule has 0 aliphatic rings. The maximum Gasteiger partial charge on any atom is 0.226 e. The molecule has 4 rings (SSSR count). The van der Waals surface area contributed by atoms with Crippen LogP contribution in [0.2, 0.25) is 0 Å². The van der Waals surface area contributed by atoms with Gasteiger partial charge < -0.3 is 5.32 Å². The van der Waals surface area contributed by atoms with E-state index in [-0.39, 0.29) is 0 Å². The molecule has 0 bridgehead atoms. The molecule has 1 aromatic carbocycles. The molecule has 0 unspecified atom stereocenters. The van der Waals surface area contributed by atoms with Gasteiger partial charge in [0.05, 0.1) is 10.9 Å². The highest BCUT2D eigenvalue weighted by atomic mass is 32.1. The molecule has 3 aromatic heterocycles. The van der Waals surface area contributed by atoms with Gasteiger partial charge in [-0.3, -0.25) is 0 Å². The molecular formula is C14H12N6S. The number of para-hydroxylation sites is 1. The molecule has 0 radical (unpaired) electrons. The Morgan fingerprint density at radius 3 is 3.00 bits per heavy atom. The quantitative estimate of drug-likeness (QED) is 0.629. The number of thiophene rings is 1. The Kier molecular flexibility index (Phi) is 2.78. The van der Waals surface area contributed by atoms with Gasteiger partial charge in [-0.25, -0.2) is 4.98 Å². The average molecular weight is 296 g/mol. The van der Waals surface area contributed by atoms with Gasteiger partial charge in [0.2, 0.25) is 5.95 Å². The molecule has 3 heterocycles. The molecule has 0 saturated heterocycles. The first kappa shape index (κ1) is 12.2. The summed E-state index contributed by atoms with van der Waals surface area (Å²) >= 11 is 1.59. The van der Waals surface area contributed by atoms with Gasteiger partial charge in [0.15, 0.2) is 5.82 Å². The van der Waals surface area contributed by atoms with E-state index in [1.807, 2.05) is 42.6 Å². The number of benzene rings is 1. The standard InChI is InChI=1S/C14H12N6S/c1-2-15-14-16-12(9-7-8-21-13(9)17-14)20-11-6-4-3-5-10(11)18-19-20/h3-8H,2H2,1H3,(H,15,16,17). The summed E-state index contributed by atoms with van der Waals surface area (Å²) in [6.07, 6.45) is 0. The summed E-state index contributed by atoms with van der Waals surface area (Å²) in [6.45, 7) is 2.79. The van der Waals surface area contributed by atoms with Gasteiger partial charge in [-0.2, -0.15) is 9.67 Å². The molecule has 0 atom stereocenters. The Labute approximate surface area is 124 Å². The van der Waals surface area contributed by atoms with Crippen molar-refractivity contribution >= 4 is 38.5 Å². The minimum atomic E-state index is 0.613. The predicted molar refractivity (Wildman–Crippen MR) is 84.0 cm³/mol. The van der Waals surface area contributed by atoms with Crippen molar-refractivity contribution in [2.24, 2.45) is 0 Å². The molecule has 21 heavy (non-hydrogen) atoms. The first-order valence-corrected chi connectivity index (χ1v) is 7.54. The monoisotopic (exact) mass is 296 g/mol. The lowest BCUT2D eigenvalue weighted by molar-refractivity contribution is 0.805. The minimum absolute atomic E-state index is 0.613. The number of anilines is 1. The van der Waals surface area contributed by atoms with Crippen LogP contribution in [-0.2, 0) is 0 Å². The van der Waals surface area contributed by atoms with Crippen molar-refractivity contribution in [2.45, 2.75) is 6.92 Å². The molecule has 6 nitrogen and oxygen atoms in total. The van der Waals surface area contributed by atoms with Crippen LogP contribution < -0.4 is 5.32 Å². The zero-order valence-electron chi connectivity index (χ0n) is 11.3. The Bertz CT molecular complexity index is 925. The number of rotatable bonds is 3. The zero-order chi connectivity index (χ0) is 14.2. The maximum absolute atomic E-state index is 4.60. The van der Waals surface area contributed by atoms with Crippen molar-refractivity contribution in [1.82, 2.24) is 25.0 Å². The third-order valence-corrected chi connectivity index (χ3v) is 4.00. The highest BCUT2D eigenvalue weighted by molar-refractivity contribution is 7.16. The van der Waals surface area contributed by atoms with Crippen LogP contribution in [0, 0.1) is 0 Å². The van der Waals surface area contributed by atoms with Crippen molar-refractivity contribution < 1.29 is 0 Å². The van der Waals surface area contributed by atoms with E-state index >= 15 is 0 Å². The number of hydrogen-bond acceptors (Lipinski definition) is 6. The lowest BCUT2D eigenvalue weighted by Crippen LogP contribution is -2.07. The van der Waals surface area contributed by atoms with Crippen molar-refractivity contribution in [2.75, 3.05) is 11.9 Å². The molecule has 4 aromatic rings. The first-order chi connectivity index (χ1) is 10.4. The van der Waals surface area contributed by atoms with Crippen LogP contribution in [0.1, 0.15) is 6.92 Å². The van der Waals surface area contributed by atoms with Gasteiger partial charge in [0, 0.05) is 6.54 Å². The van der Waals surface area contributed by atoms with E-state index in [4.69, 9.17) is 0 Å². The second kappa shape index (κ2) is 4.78. The summed E-state index contributed by atoms with van der Waals surface area (Å²) in [6, 6.07) is 9.87. The number of nitrogens with zero attached hydrogens (tertiary/aromatic N) is 5. The molecule has 0 fully saturated rings. The van der Waals surface area contributed by atoms with Gasteiger partial charge >= 0.3 is 0 Å². The number of hydrogen-bond donors (Lipinski definition) is 1. The number of nitrogens with one attached hydrogen (secondary N) is 1. The van der Waals surface area contributed by atoms with Crippen molar-refractivity contribution in [3.8, 4) is 5.82 Å². The molecule has 0 spiro atoms. The summed E-state index contributed by atoms with van der Waals surface area (Å²) in [5.74, 6) is 1.37. The van der Waals surface area contributed by atoms with Crippen LogP contribution in [0.3, 0.4) is 0 Å². The SMILES string of the molecule is CCNc1nc(-n2nnc3ccccc32)c2ccsc2n1. The third kappa shape index (κ3) is 1.93. The summed E-state index contributed by atoms with van der Waals surface area (Å²) in [7, 11) is 0. The Morgan fingerprint density at radius 1 is 1.19 bits per heavy atom. The van der Waals surface area contributed by atoms with Crippen LogP contribution in [0.15, 0.2) is 35.7 Å². The van der Waals surface area contributed by atoms with Crippen LogP contribution in [-0.4, -0.2) is 31.5 Å². The van der Waals surface area contributed by atoms with Gasteiger partial charge in [-0.05, 0) is 30.5 Å². The van der Waals surface area contributed by atoms with E-state index < -0.39 is 0 Å². The fourth-order valence-electron chi connectivity index (χ4n) is 2.26. The van der Waals surface area contributed by atoms with E-state index in [0.29, 0.717) is 5.95 Å². The molecule has 104 valence electrons. The van der Waals surface area contributed by atoms with Crippen molar-refractivity contribution in [3.63, 3.8) is 0 Å². The Hall–Kier alpha value is -2.54. The van der Waals surface area contributed by atoms with Gasteiger partial charge in [0.25, 0.3) is 0 Å². The van der Waals surface area contributed by atoms with Gasteiger partial charge in [-0.1, -0.05) is 17.3 Å². The fourth-order valence-corrected chi connectivity index (χ4v) is 3.02. The number of fused-ring (bicyclic) bond motifs is 2. The van der Waals surface area contributed by atoms with E-state index in [1.165, 1.54) is 0 Å². The van der Waals surface area contributed by atoms with Crippen molar-refractivity contribution in [3.05, 3.63) is 35.7 Å². The van der Waals surface area contributed by atoms with E-state index in [2.05, 4.69) is 25.6 Å². The fraction of sp³-hybridized carbons (Fsp3) is 0.143. The number of aromatic nitrogens is 5. The van der Waals surface area contributed by atoms with Crippen LogP contribution in [0.4, 0.5) is 5.95 Å². The third-order valence-electron chi connectivity index (χ3n) is 3.19. The average Bonchev–Trinajstić information content (AvgIpc) is 3.13. The van der Waals surface area contributed by atoms with Crippen LogP contribution in [0.25, 0.3) is 27.1 Å². The van der Waals surface area contributed by atoms with Crippen molar-refractivity contribution in [1.29, 1.82) is 0 Å².